The van der Waals surface area contributed by atoms with Crippen LogP contribution in [0, 0.1) is 10.1 Å². The van der Waals surface area contributed by atoms with Crippen LogP contribution in [0.3, 0.4) is 0 Å². The second-order valence-electron chi connectivity index (χ2n) is 3.19. The number of benzene rings is 1. The molecule has 0 aliphatic rings. The molecule has 0 spiro atoms. The molecule has 1 aromatic carbocycles. The summed E-state index contributed by atoms with van der Waals surface area (Å²) in [4.78, 5) is 9.93. The van der Waals surface area contributed by atoms with Crippen LogP contribution in [0.25, 0.3) is 0 Å². The molecule has 98 valence electrons. The molecule has 0 saturated heterocycles. The molecular weight excluding hydrogens is 285 g/mol. The molecule has 7 nitrogen and oxygen atoms in total. The summed E-state index contributed by atoms with van der Waals surface area (Å²) >= 11 is 11.6. The lowest BCUT2D eigenvalue weighted by Gasteiger charge is -2.09. The first-order chi connectivity index (χ1) is 8.45. The molecule has 1 rings (SSSR count). The van der Waals surface area contributed by atoms with E-state index in [2.05, 4.69) is 5.16 Å². The summed E-state index contributed by atoms with van der Waals surface area (Å²) in [6.07, 6.45) is 0.167. The number of nitrogens with two attached hydrogens (primary N) is 1. The summed E-state index contributed by atoms with van der Waals surface area (Å²) in [5, 5.41) is 21.7. The largest absolute Gasteiger partial charge is 0.490 e. The Labute approximate surface area is 112 Å². The van der Waals surface area contributed by atoms with Crippen LogP contribution in [0.5, 0.6) is 5.75 Å². The van der Waals surface area contributed by atoms with Crippen LogP contribution in [0.4, 0.5) is 5.69 Å². The maximum absolute atomic E-state index is 10.5. The van der Waals surface area contributed by atoms with Crippen LogP contribution < -0.4 is 10.5 Å². The highest BCUT2D eigenvalue weighted by Crippen LogP contribution is 2.36. The summed E-state index contributed by atoms with van der Waals surface area (Å²) in [6, 6.07) is 2.26. The molecule has 0 atom stereocenters. The number of hydrogen-bond acceptors (Lipinski definition) is 5. The highest BCUT2D eigenvalue weighted by molar-refractivity contribution is 6.37. The lowest BCUT2D eigenvalue weighted by Crippen LogP contribution is -2.15. The van der Waals surface area contributed by atoms with E-state index in [9.17, 15) is 10.1 Å². The summed E-state index contributed by atoms with van der Waals surface area (Å²) in [7, 11) is 0. The van der Waals surface area contributed by atoms with Gasteiger partial charge in [0.1, 0.15) is 5.84 Å². The Kier molecular flexibility index (Phi) is 4.99. The topological polar surface area (TPSA) is 111 Å². The number of non-ortho nitro benzene ring substituents is 1. The number of nitrogens with zero attached hydrogens (tertiary/aromatic N) is 2. The highest BCUT2D eigenvalue weighted by Gasteiger charge is 2.15. The van der Waals surface area contributed by atoms with Crippen molar-refractivity contribution in [1.29, 1.82) is 0 Å². The van der Waals surface area contributed by atoms with Crippen molar-refractivity contribution in [2.75, 3.05) is 6.61 Å². The van der Waals surface area contributed by atoms with E-state index < -0.39 is 4.92 Å². The Balaban J connectivity index is 2.81. The predicted molar refractivity (Wildman–Crippen MR) is 66.6 cm³/mol. The van der Waals surface area contributed by atoms with Crippen LogP contribution in [0.2, 0.25) is 10.0 Å². The number of ether oxygens (including phenoxy) is 1. The Morgan fingerprint density at radius 1 is 1.50 bits per heavy atom. The Hall–Kier alpha value is -1.73. The SMILES string of the molecule is NC(CCOc1c(Cl)cc([N+](=O)[O-])cc1Cl)=NO. The summed E-state index contributed by atoms with van der Waals surface area (Å²) < 4.78 is 5.22. The first-order valence-corrected chi connectivity index (χ1v) is 5.44. The van der Waals surface area contributed by atoms with Gasteiger partial charge in [0.15, 0.2) is 5.75 Å². The number of oxime groups is 1. The zero-order valence-corrected chi connectivity index (χ0v) is 10.5. The lowest BCUT2D eigenvalue weighted by atomic mass is 10.3. The third kappa shape index (κ3) is 3.64. The van der Waals surface area contributed by atoms with E-state index >= 15 is 0 Å². The number of nitro groups is 1. The molecule has 0 amide bonds. The van der Waals surface area contributed by atoms with Gasteiger partial charge >= 0.3 is 0 Å². The summed E-state index contributed by atoms with van der Waals surface area (Å²) in [6.45, 7) is 0.0765. The van der Waals surface area contributed by atoms with E-state index in [1.165, 1.54) is 0 Å². The molecule has 0 unspecified atom stereocenters. The molecule has 0 fully saturated rings. The molecule has 0 heterocycles. The standard InChI is InChI=1S/C9H9Cl2N3O4/c10-6-3-5(14(16)17)4-7(11)9(6)18-2-1-8(12)13-15/h3-4,15H,1-2H2,(H2,12,13). The number of rotatable bonds is 5. The summed E-state index contributed by atoms with van der Waals surface area (Å²) in [5.74, 6) is 0.110. The van der Waals surface area contributed by atoms with E-state index in [0.717, 1.165) is 12.1 Å². The Morgan fingerprint density at radius 3 is 2.50 bits per heavy atom. The molecule has 18 heavy (non-hydrogen) atoms. The molecule has 0 bridgehead atoms. The molecule has 0 radical (unpaired) electrons. The third-order valence-corrected chi connectivity index (χ3v) is 2.49. The fraction of sp³-hybridized carbons (Fsp3) is 0.222. The minimum Gasteiger partial charge on any atom is -0.490 e. The van der Waals surface area contributed by atoms with Crippen molar-refractivity contribution in [2.45, 2.75) is 6.42 Å². The molecule has 9 heteroatoms. The minimum atomic E-state index is -0.613. The monoisotopic (exact) mass is 293 g/mol. The van der Waals surface area contributed by atoms with Crippen molar-refractivity contribution in [3.63, 3.8) is 0 Å². The molecule has 0 aliphatic heterocycles. The Bertz CT molecular complexity index is 470. The number of hydrogen-bond donors (Lipinski definition) is 2. The predicted octanol–water partition coefficient (Wildman–Crippen LogP) is 2.42. The van der Waals surface area contributed by atoms with E-state index in [1.54, 1.807) is 0 Å². The first kappa shape index (κ1) is 14.3. The van der Waals surface area contributed by atoms with Gasteiger partial charge in [0.05, 0.1) is 21.6 Å². The molecule has 0 aromatic heterocycles. The van der Waals surface area contributed by atoms with Crippen LogP contribution >= 0.6 is 23.2 Å². The maximum atomic E-state index is 10.5. The fourth-order valence-corrected chi connectivity index (χ4v) is 1.68. The van der Waals surface area contributed by atoms with Crippen LogP contribution in [-0.2, 0) is 0 Å². The Morgan fingerprint density at radius 2 is 2.06 bits per heavy atom. The number of halogens is 2. The van der Waals surface area contributed by atoms with Gasteiger partial charge in [0.25, 0.3) is 5.69 Å². The molecule has 3 N–H and O–H groups in total. The molecular formula is C9H9Cl2N3O4. The van der Waals surface area contributed by atoms with E-state index in [1.807, 2.05) is 0 Å². The fourth-order valence-electron chi connectivity index (χ4n) is 1.10. The average Bonchev–Trinajstić information content (AvgIpc) is 2.31. The van der Waals surface area contributed by atoms with Crippen LogP contribution in [0.15, 0.2) is 17.3 Å². The second-order valence-corrected chi connectivity index (χ2v) is 4.00. The van der Waals surface area contributed by atoms with Crippen molar-refractivity contribution in [1.82, 2.24) is 0 Å². The normalized spacial score (nSPS) is 11.3. The first-order valence-electron chi connectivity index (χ1n) is 4.68. The van der Waals surface area contributed by atoms with Gasteiger partial charge in [-0.2, -0.15) is 0 Å². The maximum Gasteiger partial charge on any atom is 0.272 e. The quantitative estimate of drug-likeness (QED) is 0.285. The zero-order chi connectivity index (χ0) is 13.7. The smallest absolute Gasteiger partial charge is 0.272 e. The van der Waals surface area contributed by atoms with Gasteiger partial charge in [0, 0.05) is 18.6 Å². The van der Waals surface area contributed by atoms with E-state index in [4.69, 9.17) is 38.9 Å². The van der Waals surface area contributed by atoms with Crippen LogP contribution in [-0.4, -0.2) is 22.6 Å². The summed E-state index contributed by atoms with van der Waals surface area (Å²) in [5.41, 5.74) is 5.01. The lowest BCUT2D eigenvalue weighted by molar-refractivity contribution is -0.384. The second kappa shape index (κ2) is 6.27. The van der Waals surface area contributed by atoms with Crippen molar-refractivity contribution in [2.24, 2.45) is 10.9 Å². The average molecular weight is 294 g/mol. The van der Waals surface area contributed by atoms with Gasteiger partial charge in [-0.1, -0.05) is 28.4 Å². The van der Waals surface area contributed by atoms with E-state index in [0.29, 0.717) is 0 Å². The highest BCUT2D eigenvalue weighted by atomic mass is 35.5. The van der Waals surface area contributed by atoms with Gasteiger partial charge in [-0.15, -0.1) is 0 Å². The molecule has 0 saturated carbocycles. The van der Waals surface area contributed by atoms with Gasteiger partial charge in [-0.3, -0.25) is 10.1 Å². The third-order valence-electron chi connectivity index (χ3n) is 1.93. The van der Waals surface area contributed by atoms with Crippen LogP contribution in [0.1, 0.15) is 6.42 Å². The van der Waals surface area contributed by atoms with Crippen molar-refractivity contribution >= 4 is 34.7 Å². The van der Waals surface area contributed by atoms with Gasteiger partial charge in [-0.25, -0.2) is 0 Å². The van der Waals surface area contributed by atoms with Gasteiger partial charge in [0.2, 0.25) is 0 Å². The van der Waals surface area contributed by atoms with Crippen molar-refractivity contribution in [3.8, 4) is 5.75 Å². The molecule has 0 aliphatic carbocycles. The minimum absolute atomic E-state index is 0.0100. The van der Waals surface area contributed by atoms with Gasteiger partial charge in [-0.05, 0) is 0 Å². The number of nitro benzene ring substituents is 1. The van der Waals surface area contributed by atoms with E-state index in [-0.39, 0.29) is 40.3 Å². The van der Waals surface area contributed by atoms with Crippen molar-refractivity contribution < 1.29 is 14.9 Å². The zero-order valence-electron chi connectivity index (χ0n) is 8.97. The number of amidine groups is 1. The van der Waals surface area contributed by atoms with Crippen molar-refractivity contribution in [3.05, 3.63) is 32.3 Å². The van der Waals surface area contributed by atoms with Gasteiger partial charge < -0.3 is 15.7 Å². The molecule has 1 aromatic rings.